The number of esters is 1. The molecule has 0 aromatic carbocycles. The van der Waals surface area contributed by atoms with Crippen LogP contribution in [0.2, 0.25) is 6.32 Å². The Bertz CT molecular complexity index is 645. The van der Waals surface area contributed by atoms with Crippen molar-refractivity contribution in [3.63, 3.8) is 0 Å². The summed E-state index contributed by atoms with van der Waals surface area (Å²) in [6.07, 6.45) is 3.05. The number of amides is 1. The Labute approximate surface area is 175 Å². The van der Waals surface area contributed by atoms with E-state index in [-0.39, 0.29) is 24.3 Å². The molecule has 0 spiro atoms. The maximum atomic E-state index is 12.5. The predicted molar refractivity (Wildman–Crippen MR) is 104 cm³/mol. The third kappa shape index (κ3) is 4.88. The molecule has 11 nitrogen and oxygen atoms in total. The lowest BCUT2D eigenvalue weighted by Crippen LogP contribution is -2.52. The van der Waals surface area contributed by atoms with Crippen molar-refractivity contribution in [1.29, 1.82) is 0 Å². The van der Waals surface area contributed by atoms with Gasteiger partial charge in [-0.15, -0.1) is 0 Å². The summed E-state index contributed by atoms with van der Waals surface area (Å²) in [6.45, 7) is 0.999. The van der Waals surface area contributed by atoms with Crippen molar-refractivity contribution < 1.29 is 39.0 Å². The molecule has 3 fully saturated rings. The van der Waals surface area contributed by atoms with Crippen molar-refractivity contribution in [3.05, 3.63) is 0 Å². The van der Waals surface area contributed by atoms with Crippen LogP contribution in [0.15, 0.2) is 0 Å². The maximum Gasteiger partial charge on any atom is 0.451 e. The van der Waals surface area contributed by atoms with Gasteiger partial charge in [0.1, 0.15) is 11.6 Å². The summed E-state index contributed by atoms with van der Waals surface area (Å²) < 4.78 is 10.1. The van der Waals surface area contributed by atoms with Gasteiger partial charge in [-0.1, -0.05) is 12.8 Å². The van der Waals surface area contributed by atoms with Crippen molar-refractivity contribution in [1.82, 2.24) is 15.5 Å². The highest BCUT2D eigenvalue weighted by atomic mass is 16.7. The minimum atomic E-state index is -1.40. The van der Waals surface area contributed by atoms with E-state index >= 15 is 0 Å². The lowest BCUT2D eigenvalue weighted by atomic mass is 9.77. The molecule has 3 rings (SSSR count). The van der Waals surface area contributed by atoms with E-state index in [1.807, 2.05) is 0 Å². The van der Waals surface area contributed by atoms with Crippen molar-refractivity contribution >= 4 is 25.2 Å². The van der Waals surface area contributed by atoms with Gasteiger partial charge in [0.25, 0.3) is 0 Å². The molecule has 3 aliphatic rings. The Morgan fingerprint density at radius 1 is 1.17 bits per heavy atom. The third-order valence-electron chi connectivity index (χ3n) is 6.43. The van der Waals surface area contributed by atoms with Gasteiger partial charge in [0.05, 0.1) is 6.04 Å². The number of hydrogen-bond donors (Lipinski definition) is 5. The van der Waals surface area contributed by atoms with Gasteiger partial charge in [-0.25, -0.2) is 4.79 Å². The number of carboxylic acids is 1. The van der Waals surface area contributed by atoms with Crippen molar-refractivity contribution in [2.75, 3.05) is 26.4 Å². The van der Waals surface area contributed by atoms with Crippen LogP contribution in [0.4, 0.5) is 4.79 Å². The number of aliphatic carboxylic acids is 1. The number of likely N-dealkylation sites (tertiary alicyclic amines) is 1. The number of rotatable bonds is 9. The van der Waals surface area contributed by atoms with Crippen LogP contribution < -0.4 is 10.6 Å². The van der Waals surface area contributed by atoms with E-state index in [1.54, 1.807) is 0 Å². The van der Waals surface area contributed by atoms with Crippen LogP contribution in [0.1, 0.15) is 38.5 Å². The van der Waals surface area contributed by atoms with Gasteiger partial charge in [-0.05, 0) is 38.5 Å². The van der Waals surface area contributed by atoms with E-state index < -0.39 is 37.5 Å². The molecular formula is C18H30BN3O8. The molecular weight excluding hydrogens is 397 g/mol. The second kappa shape index (κ2) is 9.95. The lowest BCUT2D eigenvalue weighted by Gasteiger charge is -2.30. The van der Waals surface area contributed by atoms with Crippen LogP contribution in [0.5, 0.6) is 0 Å². The van der Waals surface area contributed by atoms with E-state index in [0.717, 1.165) is 13.0 Å². The first-order valence-corrected chi connectivity index (χ1v) is 10.5. The van der Waals surface area contributed by atoms with Gasteiger partial charge >= 0.3 is 25.2 Å². The number of fused-ring (bicyclic) bond motifs is 1. The number of unbranched alkanes of at least 4 members (excludes halogenated alkanes) is 1. The molecule has 3 heterocycles. The molecule has 0 saturated carbocycles. The third-order valence-corrected chi connectivity index (χ3v) is 6.43. The van der Waals surface area contributed by atoms with Crippen LogP contribution in [0, 0.1) is 5.92 Å². The fraction of sp³-hybridized carbons (Fsp3) is 0.833. The largest absolute Gasteiger partial charge is 0.480 e. The van der Waals surface area contributed by atoms with Gasteiger partial charge in [0.15, 0.2) is 0 Å². The molecule has 0 aromatic heterocycles. The van der Waals surface area contributed by atoms with Gasteiger partial charge in [-0.3, -0.25) is 14.9 Å². The van der Waals surface area contributed by atoms with Gasteiger partial charge in [-0.2, -0.15) is 0 Å². The fourth-order valence-electron chi connectivity index (χ4n) is 4.88. The molecule has 5 N–H and O–H groups in total. The molecule has 168 valence electrons. The number of nitrogens with one attached hydrogen (secondary N) is 2. The van der Waals surface area contributed by atoms with Crippen LogP contribution in [0.3, 0.4) is 0 Å². The monoisotopic (exact) mass is 427 g/mol. The Morgan fingerprint density at radius 3 is 2.63 bits per heavy atom. The SMILES string of the molecule is O=C(OCOC(=O)N1CC[C@H]2[C@@H]1CN[C@@]2(CCCCB(O)O)C(=O)O)[C@@H]1CCCN1. The molecule has 30 heavy (non-hydrogen) atoms. The fourth-order valence-corrected chi connectivity index (χ4v) is 4.88. The summed E-state index contributed by atoms with van der Waals surface area (Å²) in [5.74, 6) is -1.68. The van der Waals surface area contributed by atoms with E-state index in [1.165, 1.54) is 4.90 Å². The van der Waals surface area contributed by atoms with Crippen molar-refractivity contribution in [2.45, 2.75) is 62.5 Å². The normalized spacial score (nSPS) is 30.2. The highest BCUT2D eigenvalue weighted by Gasteiger charge is 2.58. The van der Waals surface area contributed by atoms with Crippen molar-refractivity contribution in [2.24, 2.45) is 5.92 Å². The second-order valence-corrected chi connectivity index (χ2v) is 8.18. The van der Waals surface area contributed by atoms with Gasteiger partial charge < -0.3 is 34.8 Å². The molecule has 4 atom stereocenters. The zero-order valence-corrected chi connectivity index (χ0v) is 16.9. The summed E-state index contributed by atoms with van der Waals surface area (Å²) >= 11 is 0. The highest BCUT2D eigenvalue weighted by molar-refractivity contribution is 6.40. The highest BCUT2D eigenvalue weighted by Crippen LogP contribution is 2.41. The smallest absolute Gasteiger partial charge is 0.451 e. The first-order valence-electron chi connectivity index (χ1n) is 10.5. The predicted octanol–water partition coefficient (Wildman–Crippen LogP) is -0.864. The Kier molecular flexibility index (Phi) is 7.56. The summed E-state index contributed by atoms with van der Waals surface area (Å²) in [5, 5.41) is 33.9. The number of carboxylic acid groups (broad SMARTS) is 1. The number of carbonyl (C=O) groups is 3. The molecule has 3 saturated heterocycles. The first-order chi connectivity index (χ1) is 14.3. The van der Waals surface area contributed by atoms with E-state index in [9.17, 15) is 19.5 Å². The number of nitrogens with zero attached hydrogens (tertiary/aromatic N) is 1. The maximum absolute atomic E-state index is 12.5. The van der Waals surface area contributed by atoms with Crippen LogP contribution in [-0.2, 0) is 19.1 Å². The quantitative estimate of drug-likeness (QED) is 0.136. The van der Waals surface area contributed by atoms with E-state index in [2.05, 4.69) is 10.6 Å². The summed E-state index contributed by atoms with van der Waals surface area (Å²) in [6, 6.07) is -0.675. The van der Waals surface area contributed by atoms with Crippen LogP contribution in [-0.4, -0.2) is 89.3 Å². The summed E-state index contributed by atoms with van der Waals surface area (Å²) in [4.78, 5) is 37.9. The van der Waals surface area contributed by atoms with Crippen LogP contribution >= 0.6 is 0 Å². The molecule has 12 heteroatoms. The zero-order valence-electron chi connectivity index (χ0n) is 16.9. The summed E-state index contributed by atoms with van der Waals surface area (Å²) in [5.41, 5.74) is -1.15. The average molecular weight is 427 g/mol. The Hall–Kier alpha value is -1.89. The topological polar surface area (TPSA) is 158 Å². The van der Waals surface area contributed by atoms with E-state index in [4.69, 9.17) is 19.5 Å². The van der Waals surface area contributed by atoms with Crippen LogP contribution in [0.25, 0.3) is 0 Å². The zero-order chi connectivity index (χ0) is 21.7. The Morgan fingerprint density at radius 2 is 1.97 bits per heavy atom. The molecule has 0 radical (unpaired) electrons. The lowest BCUT2D eigenvalue weighted by molar-refractivity contribution is -0.154. The second-order valence-electron chi connectivity index (χ2n) is 8.18. The molecule has 3 aliphatic heterocycles. The standard InChI is InChI=1S/C18H30BN3O8/c23-15(13-4-3-8-20-13)29-11-30-17(26)22-9-5-12-14(22)10-21-18(12,16(24)25)6-1-2-7-19(27)28/h12-14,20-21,27-28H,1-11H2,(H,24,25)/t12-,13-,14-,18+/m0/s1. The van der Waals surface area contributed by atoms with E-state index in [0.29, 0.717) is 45.2 Å². The number of ether oxygens (including phenoxy) is 2. The average Bonchev–Trinajstić information content (AvgIpc) is 3.42. The van der Waals surface area contributed by atoms with Gasteiger partial charge in [0, 0.05) is 19.0 Å². The molecule has 0 bridgehead atoms. The molecule has 0 unspecified atom stereocenters. The minimum absolute atomic E-state index is 0.192. The number of carbonyl (C=O) groups excluding carboxylic acids is 2. The Balaban J connectivity index is 1.50. The molecule has 0 aromatic rings. The summed E-state index contributed by atoms with van der Waals surface area (Å²) in [7, 11) is -1.40. The first kappa shape index (κ1) is 22.8. The van der Waals surface area contributed by atoms with Gasteiger partial charge in [0.2, 0.25) is 6.79 Å². The number of hydrogen-bond acceptors (Lipinski definition) is 9. The molecule has 0 aliphatic carbocycles. The molecule has 1 amide bonds. The van der Waals surface area contributed by atoms with Crippen molar-refractivity contribution in [3.8, 4) is 0 Å². The minimum Gasteiger partial charge on any atom is -0.480 e.